The third-order valence-corrected chi connectivity index (χ3v) is 6.59. The van der Waals surface area contributed by atoms with Crippen molar-refractivity contribution in [3.63, 3.8) is 0 Å². The second-order valence-corrected chi connectivity index (χ2v) is 8.77. The van der Waals surface area contributed by atoms with Crippen molar-refractivity contribution in [2.45, 2.75) is 11.8 Å². The molecular weight excluding hydrogens is 378 g/mol. The highest BCUT2D eigenvalue weighted by Gasteiger charge is 2.28. The standard InChI is InChI=1S/C15H17N5O4S2/c1-11-17-18-15(25-11)16-14(22)12-2-4-13(5-3-12)26(23,24)20-8-6-19(10-21)7-9-20/h2-5,10H,6-9H2,1H3,(H,16,18,22). The van der Waals surface area contributed by atoms with Crippen molar-refractivity contribution < 1.29 is 18.0 Å². The van der Waals surface area contributed by atoms with Gasteiger partial charge in [-0.2, -0.15) is 4.31 Å². The maximum Gasteiger partial charge on any atom is 0.257 e. The van der Waals surface area contributed by atoms with Crippen LogP contribution in [-0.4, -0.2) is 66.3 Å². The van der Waals surface area contributed by atoms with E-state index in [1.54, 1.807) is 6.92 Å². The highest BCUT2D eigenvalue weighted by Crippen LogP contribution is 2.19. The molecule has 1 aromatic carbocycles. The van der Waals surface area contributed by atoms with Gasteiger partial charge in [-0.3, -0.25) is 14.9 Å². The Kier molecular flexibility index (Phi) is 5.30. The lowest BCUT2D eigenvalue weighted by Gasteiger charge is -2.31. The van der Waals surface area contributed by atoms with E-state index in [4.69, 9.17) is 0 Å². The topological polar surface area (TPSA) is 113 Å². The molecule has 1 aromatic heterocycles. The van der Waals surface area contributed by atoms with E-state index >= 15 is 0 Å². The first-order chi connectivity index (χ1) is 12.4. The molecule has 1 aliphatic rings. The predicted octanol–water partition coefficient (Wildman–Crippen LogP) is 0.562. The van der Waals surface area contributed by atoms with E-state index in [0.29, 0.717) is 23.8 Å². The molecule has 26 heavy (non-hydrogen) atoms. The number of piperazine rings is 1. The number of nitrogens with one attached hydrogen (secondary N) is 1. The SMILES string of the molecule is Cc1nnc(NC(=O)c2ccc(S(=O)(=O)N3CCN(C=O)CC3)cc2)s1. The summed E-state index contributed by atoms with van der Waals surface area (Å²) in [5, 5.41) is 11.4. The van der Waals surface area contributed by atoms with Gasteiger partial charge in [-0.25, -0.2) is 8.42 Å². The smallest absolute Gasteiger partial charge is 0.257 e. The summed E-state index contributed by atoms with van der Waals surface area (Å²) in [5.41, 5.74) is 0.322. The number of aryl methyl sites for hydroxylation is 1. The molecule has 0 spiro atoms. The summed E-state index contributed by atoms with van der Waals surface area (Å²) >= 11 is 1.25. The molecule has 3 rings (SSSR count). The second-order valence-electron chi connectivity index (χ2n) is 5.65. The summed E-state index contributed by atoms with van der Waals surface area (Å²) in [6.07, 6.45) is 0.719. The van der Waals surface area contributed by atoms with Gasteiger partial charge in [0.15, 0.2) is 0 Å². The molecule has 0 aliphatic carbocycles. The van der Waals surface area contributed by atoms with Crippen LogP contribution in [0.2, 0.25) is 0 Å². The maximum atomic E-state index is 12.7. The van der Waals surface area contributed by atoms with Crippen LogP contribution in [0, 0.1) is 6.92 Å². The first kappa shape index (κ1) is 18.4. The summed E-state index contributed by atoms with van der Waals surface area (Å²) in [5.74, 6) is -0.385. The minimum atomic E-state index is -3.65. The minimum absolute atomic E-state index is 0.111. The van der Waals surface area contributed by atoms with Crippen molar-refractivity contribution in [3.8, 4) is 0 Å². The molecule has 1 N–H and O–H groups in total. The molecule has 0 bridgehead atoms. The van der Waals surface area contributed by atoms with E-state index in [9.17, 15) is 18.0 Å². The van der Waals surface area contributed by atoms with E-state index in [-0.39, 0.29) is 23.9 Å². The maximum absolute atomic E-state index is 12.7. The first-order valence-electron chi connectivity index (χ1n) is 7.81. The molecule has 1 fully saturated rings. The van der Waals surface area contributed by atoms with Gasteiger partial charge in [0.1, 0.15) is 5.01 Å². The average Bonchev–Trinajstić information content (AvgIpc) is 3.06. The number of anilines is 1. The number of carbonyl (C=O) groups is 2. The van der Waals surface area contributed by atoms with Gasteiger partial charge in [0, 0.05) is 31.7 Å². The number of carbonyl (C=O) groups excluding carboxylic acids is 2. The monoisotopic (exact) mass is 395 g/mol. The summed E-state index contributed by atoms with van der Waals surface area (Å²) in [4.78, 5) is 24.6. The zero-order chi connectivity index (χ0) is 18.7. The Bertz CT molecular complexity index is 902. The quantitative estimate of drug-likeness (QED) is 0.741. The van der Waals surface area contributed by atoms with Crippen molar-refractivity contribution in [3.05, 3.63) is 34.8 Å². The molecular formula is C15H17N5O4S2. The molecule has 0 unspecified atom stereocenters. The van der Waals surface area contributed by atoms with Crippen molar-refractivity contribution in [1.29, 1.82) is 0 Å². The van der Waals surface area contributed by atoms with Gasteiger partial charge in [-0.05, 0) is 31.2 Å². The molecule has 0 saturated carbocycles. The molecule has 2 heterocycles. The molecule has 1 aliphatic heterocycles. The zero-order valence-corrected chi connectivity index (χ0v) is 15.6. The van der Waals surface area contributed by atoms with Crippen LogP contribution in [0.4, 0.5) is 5.13 Å². The van der Waals surface area contributed by atoms with E-state index in [1.165, 1.54) is 44.8 Å². The molecule has 2 amide bonds. The predicted molar refractivity (Wildman–Crippen MR) is 95.4 cm³/mol. The number of rotatable bonds is 5. The van der Waals surface area contributed by atoms with Crippen molar-refractivity contribution in [1.82, 2.24) is 19.4 Å². The van der Waals surface area contributed by atoms with E-state index < -0.39 is 10.0 Å². The largest absolute Gasteiger partial charge is 0.343 e. The lowest BCUT2D eigenvalue weighted by molar-refractivity contribution is -0.119. The number of nitrogens with zero attached hydrogens (tertiary/aromatic N) is 4. The third kappa shape index (κ3) is 3.89. The van der Waals surface area contributed by atoms with Gasteiger partial charge in [0.2, 0.25) is 21.6 Å². The van der Waals surface area contributed by atoms with Crippen LogP contribution in [0.15, 0.2) is 29.2 Å². The number of sulfonamides is 1. The number of benzene rings is 1. The fourth-order valence-electron chi connectivity index (χ4n) is 2.49. The van der Waals surface area contributed by atoms with E-state index in [2.05, 4.69) is 15.5 Å². The Morgan fingerprint density at radius 3 is 2.35 bits per heavy atom. The number of amides is 2. The van der Waals surface area contributed by atoms with Crippen LogP contribution in [0.1, 0.15) is 15.4 Å². The van der Waals surface area contributed by atoms with Crippen LogP contribution in [0.3, 0.4) is 0 Å². The van der Waals surface area contributed by atoms with Crippen LogP contribution in [-0.2, 0) is 14.8 Å². The van der Waals surface area contributed by atoms with Crippen molar-refractivity contribution in [2.24, 2.45) is 0 Å². The summed E-state index contributed by atoms with van der Waals surface area (Å²) < 4.78 is 26.7. The number of hydrogen-bond acceptors (Lipinski definition) is 7. The van der Waals surface area contributed by atoms with Crippen LogP contribution < -0.4 is 5.32 Å². The van der Waals surface area contributed by atoms with Gasteiger partial charge in [0.05, 0.1) is 4.90 Å². The van der Waals surface area contributed by atoms with E-state index in [1.807, 2.05) is 0 Å². The lowest BCUT2D eigenvalue weighted by atomic mass is 10.2. The van der Waals surface area contributed by atoms with Gasteiger partial charge in [-0.1, -0.05) is 11.3 Å². The van der Waals surface area contributed by atoms with Gasteiger partial charge < -0.3 is 4.90 Å². The van der Waals surface area contributed by atoms with Crippen LogP contribution in [0.5, 0.6) is 0 Å². The Morgan fingerprint density at radius 1 is 1.15 bits per heavy atom. The zero-order valence-electron chi connectivity index (χ0n) is 14.0. The fraction of sp³-hybridized carbons (Fsp3) is 0.333. The molecule has 138 valence electrons. The summed E-state index contributed by atoms with van der Waals surface area (Å²) in [6.45, 7) is 3.01. The van der Waals surface area contributed by atoms with Crippen molar-refractivity contribution in [2.75, 3.05) is 31.5 Å². The lowest BCUT2D eigenvalue weighted by Crippen LogP contribution is -2.47. The number of aromatic nitrogens is 2. The Hall–Kier alpha value is -2.37. The Labute approximate surface area is 154 Å². The van der Waals surface area contributed by atoms with Gasteiger partial charge in [0.25, 0.3) is 5.91 Å². The molecule has 2 aromatic rings. The van der Waals surface area contributed by atoms with E-state index in [0.717, 1.165) is 11.4 Å². The van der Waals surface area contributed by atoms with Gasteiger partial charge >= 0.3 is 0 Å². The normalized spacial score (nSPS) is 15.7. The first-order valence-corrected chi connectivity index (χ1v) is 10.1. The minimum Gasteiger partial charge on any atom is -0.343 e. The molecule has 1 saturated heterocycles. The number of hydrogen-bond donors (Lipinski definition) is 1. The summed E-state index contributed by atoms with van der Waals surface area (Å²) in [7, 11) is -3.65. The molecule has 0 radical (unpaired) electrons. The molecule has 0 atom stereocenters. The second kappa shape index (κ2) is 7.48. The Balaban J connectivity index is 1.70. The Morgan fingerprint density at radius 2 is 1.81 bits per heavy atom. The highest BCUT2D eigenvalue weighted by atomic mass is 32.2. The average molecular weight is 395 g/mol. The van der Waals surface area contributed by atoms with Crippen LogP contribution >= 0.6 is 11.3 Å². The third-order valence-electron chi connectivity index (χ3n) is 3.92. The highest BCUT2D eigenvalue weighted by molar-refractivity contribution is 7.89. The molecule has 9 nitrogen and oxygen atoms in total. The summed E-state index contributed by atoms with van der Waals surface area (Å²) in [6, 6.07) is 5.72. The van der Waals surface area contributed by atoms with Gasteiger partial charge in [-0.15, -0.1) is 10.2 Å². The van der Waals surface area contributed by atoms with Crippen LogP contribution in [0.25, 0.3) is 0 Å². The van der Waals surface area contributed by atoms with Crippen molar-refractivity contribution >= 4 is 38.8 Å². The molecule has 11 heteroatoms. The fourth-order valence-corrected chi connectivity index (χ4v) is 4.50.